The first kappa shape index (κ1) is 12.7. The van der Waals surface area contributed by atoms with E-state index in [-0.39, 0.29) is 11.5 Å². The Balaban J connectivity index is 1.71. The van der Waals surface area contributed by atoms with Gasteiger partial charge in [0, 0.05) is 0 Å². The molecule has 0 radical (unpaired) electrons. The molecule has 2 nitrogen and oxygen atoms in total. The highest BCUT2D eigenvalue weighted by Gasteiger charge is 2.54. The van der Waals surface area contributed by atoms with Crippen LogP contribution in [0.3, 0.4) is 0 Å². The lowest BCUT2D eigenvalue weighted by Crippen LogP contribution is -2.43. The van der Waals surface area contributed by atoms with E-state index >= 15 is 0 Å². The van der Waals surface area contributed by atoms with Crippen molar-refractivity contribution in [2.75, 3.05) is 0 Å². The molecule has 1 aromatic rings. The molecular weight excluding hydrogens is 250 g/mol. The molecule has 0 amide bonds. The summed E-state index contributed by atoms with van der Waals surface area (Å²) in [5, 5.41) is 20.0. The molecule has 1 aromatic carbocycles. The topological polar surface area (TPSA) is 40.5 Å². The van der Waals surface area contributed by atoms with Crippen LogP contribution >= 0.6 is 0 Å². The van der Waals surface area contributed by atoms with Crippen LogP contribution in [0.15, 0.2) is 18.2 Å². The number of aliphatic hydroxyl groups excluding tert-OH is 1. The van der Waals surface area contributed by atoms with Crippen LogP contribution in [-0.4, -0.2) is 16.3 Å². The Morgan fingerprint density at radius 1 is 1.15 bits per heavy atom. The minimum Gasteiger partial charge on any atom is -0.508 e. The fourth-order valence-corrected chi connectivity index (χ4v) is 5.54. The zero-order valence-corrected chi connectivity index (χ0v) is 12.2. The van der Waals surface area contributed by atoms with E-state index in [1.54, 1.807) is 0 Å². The highest BCUT2D eigenvalue weighted by atomic mass is 16.3. The number of hydrogen-bond acceptors (Lipinski definition) is 2. The first-order valence-electron chi connectivity index (χ1n) is 8.09. The Morgan fingerprint density at radius 2 is 2.00 bits per heavy atom. The first-order valence-corrected chi connectivity index (χ1v) is 8.09. The molecule has 2 N–H and O–H groups in total. The Kier molecular flexibility index (Phi) is 2.69. The third-order valence-electron chi connectivity index (χ3n) is 6.66. The Bertz CT molecular complexity index is 538. The van der Waals surface area contributed by atoms with Gasteiger partial charge in [-0.1, -0.05) is 13.0 Å². The van der Waals surface area contributed by atoms with E-state index in [1.165, 1.54) is 30.4 Å². The summed E-state index contributed by atoms with van der Waals surface area (Å²) in [4.78, 5) is 0. The minimum absolute atomic E-state index is 0.0883. The molecule has 2 saturated carbocycles. The van der Waals surface area contributed by atoms with Crippen LogP contribution in [0.25, 0.3) is 0 Å². The highest BCUT2D eigenvalue weighted by molar-refractivity contribution is 5.40. The van der Waals surface area contributed by atoms with Gasteiger partial charge in [0.2, 0.25) is 0 Å². The van der Waals surface area contributed by atoms with E-state index < -0.39 is 0 Å². The molecule has 108 valence electrons. The Morgan fingerprint density at radius 3 is 2.85 bits per heavy atom. The summed E-state index contributed by atoms with van der Waals surface area (Å²) in [6.07, 6.45) is 6.78. The number of phenols is 1. The van der Waals surface area contributed by atoms with E-state index in [9.17, 15) is 10.2 Å². The number of rotatable bonds is 0. The second kappa shape index (κ2) is 4.24. The maximum Gasteiger partial charge on any atom is 0.115 e. The predicted octanol–water partition coefficient (Wildman–Crippen LogP) is 3.61. The van der Waals surface area contributed by atoms with Crippen molar-refractivity contribution in [1.82, 2.24) is 0 Å². The summed E-state index contributed by atoms with van der Waals surface area (Å²) in [7, 11) is 0. The van der Waals surface area contributed by atoms with Gasteiger partial charge in [0.05, 0.1) is 6.10 Å². The first-order chi connectivity index (χ1) is 9.59. The van der Waals surface area contributed by atoms with Crippen LogP contribution < -0.4 is 0 Å². The van der Waals surface area contributed by atoms with Gasteiger partial charge in [-0.3, -0.25) is 0 Å². The Hall–Kier alpha value is -1.02. The summed E-state index contributed by atoms with van der Waals surface area (Å²) in [5.74, 6) is 2.49. The lowest BCUT2D eigenvalue weighted by atomic mass is 9.66. The molecule has 4 rings (SSSR count). The van der Waals surface area contributed by atoms with Crippen molar-refractivity contribution in [1.29, 1.82) is 0 Å². The molecule has 0 saturated heterocycles. The van der Waals surface area contributed by atoms with E-state index in [0.717, 1.165) is 25.2 Å². The van der Waals surface area contributed by atoms with Crippen molar-refractivity contribution in [3.05, 3.63) is 29.3 Å². The predicted molar refractivity (Wildman–Crippen MR) is 78.7 cm³/mol. The van der Waals surface area contributed by atoms with Crippen LogP contribution in [0.5, 0.6) is 5.75 Å². The third-order valence-corrected chi connectivity index (χ3v) is 6.66. The molecule has 0 aliphatic heterocycles. The average Bonchev–Trinajstić information content (AvgIpc) is 2.74. The summed E-state index contributed by atoms with van der Waals surface area (Å²) in [6, 6.07) is 5.96. The molecule has 0 heterocycles. The molecule has 3 aliphatic carbocycles. The molecular formula is C18H24O2. The number of aromatic hydroxyl groups is 1. The summed E-state index contributed by atoms with van der Waals surface area (Å²) in [5.41, 5.74) is 2.99. The van der Waals surface area contributed by atoms with Gasteiger partial charge in [0.25, 0.3) is 0 Å². The van der Waals surface area contributed by atoms with Gasteiger partial charge >= 0.3 is 0 Å². The second-order valence-corrected chi connectivity index (χ2v) is 7.44. The second-order valence-electron chi connectivity index (χ2n) is 7.44. The van der Waals surface area contributed by atoms with Crippen LogP contribution in [0.4, 0.5) is 0 Å². The van der Waals surface area contributed by atoms with Crippen molar-refractivity contribution < 1.29 is 10.2 Å². The maximum absolute atomic E-state index is 10.4. The van der Waals surface area contributed by atoms with Crippen molar-refractivity contribution in [3.63, 3.8) is 0 Å². The van der Waals surface area contributed by atoms with Crippen LogP contribution in [-0.2, 0) is 6.42 Å². The van der Waals surface area contributed by atoms with Gasteiger partial charge in [0.1, 0.15) is 5.75 Å². The molecule has 0 aromatic heterocycles. The zero-order valence-electron chi connectivity index (χ0n) is 12.2. The molecule has 2 fully saturated rings. The number of aryl methyl sites for hydroxylation is 1. The molecule has 0 bridgehead atoms. The summed E-state index contributed by atoms with van der Waals surface area (Å²) in [6.45, 7) is 2.32. The quantitative estimate of drug-likeness (QED) is 0.710. The molecule has 3 aliphatic rings. The van der Waals surface area contributed by atoms with E-state index in [4.69, 9.17) is 0 Å². The number of fused-ring (bicyclic) bond motifs is 5. The van der Waals surface area contributed by atoms with E-state index in [0.29, 0.717) is 17.6 Å². The lowest BCUT2D eigenvalue weighted by Gasteiger charge is -2.50. The minimum atomic E-state index is -0.0883. The average molecular weight is 274 g/mol. The van der Waals surface area contributed by atoms with Crippen molar-refractivity contribution in [2.24, 2.45) is 17.3 Å². The standard InChI is InChI=1S/C18H24O2/c1-18-9-8-14-13-5-3-12(19)10-11(13)2-4-15(14)16(18)6-7-17(18)20/h3,5,10,14-17,19-20H,2,4,6-9H2,1H3/t14-,15-,16+,17?,18+/m1/s1/i6+1,16+1. The third kappa shape index (κ3) is 1.60. The van der Waals surface area contributed by atoms with Crippen molar-refractivity contribution in [3.8, 4) is 5.75 Å². The van der Waals surface area contributed by atoms with Crippen LogP contribution in [0, 0.1) is 17.3 Å². The Labute approximate surface area is 120 Å². The number of aliphatic hydroxyl groups is 1. The summed E-state index contributed by atoms with van der Waals surface area (Å²) >= 11 is 0. The highest BCUT2D eigenvalue weighted by Crippen LogP contribution is 2.60. The molecule has 20 heavy (non-hydrogen) atoms. The fraction of sp³-hybridized carbons (Fsp3) is 0.667. The molecule has 0 spiro atoms. The normalized spacial score (nSPS) is 42.7. The lowest BCUT2D eigenvalue weighted by molar-refractivity contribution is -0.0226. The molecule has 1 unspecified atom stereocenters. The van der Waals surface area contributed by atoms with Crippen molar-refractivity contribution in [2.45, 2.75) is 57.5 Å². The SMILES string of the molecule is C[C@]12CC[C@@H]3c4ccc(O)cc4CC[C@H]3[13C@@H]1[13CH2]CC2O. The van der Waals surface area contributed by atoms with E-state index in [1.807, 2.05) is 12.1 Å². The number of hydrogen-bond donors (Lipinski definition) is 2. The van der Waals surface area contributed by atoms with Gasteiger partial charge in [-0.05, 0) is 85.0 Å². The largest absolute Gasteiger partial charge is 0.508 e. The molecule has 2 heteroatoms. The monoisotopic (exact) mass is 274 g/mol. The van der Waals surface area contributed by atoms with Gasteiger partial charge in [-0.25, -0.2) is 0 Å². The van der Waals surface area contributed by atoms with Crippen LogP contribution in [0.1, 0.15) is 56.1 Å². The number of phenolic OH excluding ortho intramolecular Hbond substituents is 1. The zero-order chi connectivity index (χ0) is 13.9. The maximum atomic E-state index is 10.4. The summed E-state index contributed by atoms with van der Waals surface area (Å²) < 4.78 is 0. The van der Waals surface area contributed by atoms with Gasteiger partial charge in [-0.2, -0.15) is 0 Å². The van der Waals surface area contributed by atoms with Crippen molar-refractivity contribution >= 4 is 0 Å². The number of benzene rings is 1. The van der Waals surface area contributed by atoms with Gasteiger partial charge in [-0.15, -0.1) is 0 Å². The fourth-order valence-electron chi connectivity index (χ4n) is 5.54. The smallest absolute Gasteiger partial charge is 0.115 e. The van der Waals surface area contributed by atoms with E-state index in [2.05, 4.69) is 13.0 Å². The van der Waals surface area contributed by atoms with Gasteiger partial charge in [0.15, 0.2) is 0 Å². The molecule has 5 atom stereocenters. The van der Waals surface area contributed by atoms with Crippen LogP contribution in [0.2, 0.25) is 0 Å². The van der Waals surface area contributed by atoms with Gasteiger partial charge < -0.3 is 10.2 Å².